The van der Waals surface area contributed by atoms with Crippen molar-refractivity contribution in [3.8, 4) is 0 Å². The van der Waals surface area contributed by atoms with Crippen LogP contribution >= 0.6 is 23.2 Å². The molecule has 100 valence electrons. The number of aromatic nitrogens is 2. The van der Waals surface area contributed by atoms with E-state index >= 15 is 0 Å². The number of nitrogens with zero attached hydrogens (tertiary/aromatic N) is 2. The van der Waals surface area contributed by atoms with Gasteiger partial charge in [0, 0.05) is 28.5 Å². The van der Waals surface area contributed by atoms with E-state index in [2.05, 4.69) is 27.5 Å². The summed E-state index contributed by atoms with van der Waals surface area (Å²) in [6.45, 7) is 2.97. The quantitative estimate of drug-likeness (QED) is 0.861. The zero-order chi connectivity index (χ0) is 13.7. The molecule has 1 heterocycles. The molecular formula is C13H14Cl2N4. The van der Waals surface area contributed by atoms with E-state index in [-0.39, 0.29) is 0 Å². The van der Waals surface area contributed by atoms with E-state index in [4.69, 9.17) is 23.2 Å². The first-order valence-electron chi connectivity index (χ1n) is 5.97. The maximum atomic E-state index is 5.94. The summed E-state index contributed by atoms with van der Waals surface area (Å²) in [5.41, 5.74) is 0.755. The van der Waals surface area contributed by atoms with Gasteiger partial charge in [0.2, 0.25) is 5.95 Å². The second-order valence-electron chi connectivity index (χ2n) is 3.98. The molecule has 2 aromatic rings. The largest absolute Gasteiger partial charge is 0.370 e. The van der Waals surface area contributed by atoms with Gasteiger partial charge in [-0.1, -0.05) is 30.1 Å². The molecule has 0 saturated carbocycles. The van der Waals surface area contributed by atoms with Gasteiger partial charge < -0.3 is 10.6 Å². The van der Waals surface area contributed by atoms with E-state index < -0.39 is 0 Å². The molecule has 0 atom stereocenters. The Morgan fingerprint density at radius 2 is 1.89 bits per heavy atom. The second-order valence-corrected chi connectivity index (χ2v) is 4.85. The molecule has 4 nitrogen and oxygen atoms in total. The predicted octanol–water partition coefficient (Wildman–Crippen LogP) is 4.35. The fourth-order valence-electron chi connectivity index (χ4n) is 1.53. The molecule has 0 aliphatic heterocycles. The molecule has 2 N–H and O–H groups in total. The Kier molecular flexibility index (Phi) is 4.82. The Morgan fingerprint density at radius 1 is 1.16 bits per heavy atom. The number of hydrogen-bond donors (Lipinski definition) is 2. The van der Waals surface area contributed by atoms with Crippen molar-refractivity contribution >= 4 is 40.7 Å². The van der Waals surface area contributed by atoms with Crippen molar-refractivity contribution in [2.75, 3.05) is 17.2 Å². The number of hydrogen-bond acceptors (Lipinski definition) is 4. The maximum absolute atomic E-state index is 5.94. The summed E-state index contributed by atoms with van der Waals surface area (Å²) in [5, 5.41) is 7.40. The number of halogens is 2. The highest BCUT2D eigenvalue weighted by Crippen LogP contribution is 2.24. The van der Waals surface area contributed by atoms with E-state index in [0.717, 1.165) is 24.5 Å². The van der Waals surface area contributed by atoms with E-state index in [1.54, 1.807) is 24.4 Å². The Labute approximate surface area is 122 Å². The van der Waals surface area contributed by atoms with Crippen molar-refractivity contribution < 1.29 is 0 Å². The van der Waals surface area contributed by atoms with Crippen LogP contribution in [0.5, 0.6) is 0 Å². The van der Waals surface area contributed by atoms with Gasteiger partial charge in [0.1, 0.15) is 5.82 Å². The summed E-state index contributed by atoms with van der Waals surface area (Å²) < 4.78 is 0. The van der Waals surface area contributed by atoms with Gasteiger partial charge in [-0.15, -0.1) is 0 Å². The predicted molar refractivity (Wildman–Crippen MR) is 80.6 cm³/mol. The summed E-state index contributed by atoms with van der Waals surface area (Å²) in [6, 6.07) is 7.03. The van der Waals surface area contributed by atoms with Crippen molar-refractivity contribution in [1.29, 1.82) is 0 Å². The molecule has 1 aromatic heterocycles. The van der Waals surface area contributed by atoms with Crippen molar-refractivity contribution in [1.82, 2.24) is 9.97 Å². The average Bonchev–Trinajstić information content (AvgIpc) is 2.35. The smallest absolute Gasteiger partial charge is 0.229 e. The standard InChI is InChI=1S/C13H14Cl2N4/c1-2-4-16-12-3-5-17-13(19-12)18-11-7-9(14)6-10(15)8-11/h3,5-8H,2,4H2,1H3,(H2,16,17,18,19). The molecule has 0 radical (unpaired) electrons. The summed E-state index contributed by atoms with van der Waals surface area (Å²) >= 11 is 11.9. The fraction of sp³-hybridized carbons (Fsp3) is 0.231. The van der Waals surface area contributed by atoms with Gasteiger partial charge in [0.15, 0.2) is 0 Å². The summed E-state index contributed by atoms with van der Waals surface area (Å²) in [4.78, 5) is 8.50. The minimum atomic E-state index is 0.499. The third kappa shape index (κ3) is 4.26. The molecule has 19 heavy (non-hydrogen) atoms. The zero-order valence-electron chi connectivity index (χ0n) is 10.5. The van der Waals surface area contributed by atoms with Crippen LogP contribution in [0.15, 0.2) is 30.5 Å². The third-order valence-corrected chi connectivity index (χ3v) is 2.77. The summed E-state index contributed by atoms with van der Waals surface area (Å²) in [5.74, 6) is 1.28. The SMILES string of the molecule is CCCNc1ccnc(Nc2cc(Cl)cc(Cl)c2)n1. The van der Waals surface area contributed by atoms with Crippen molar-refractivity contribution in [2.45, 2.75) is 13.3 Å². The number of benzene rings is 1. The Bertz CT molecular complexity index is 540. The highest BCUT2D eigenvalue weighted by atomic mass is 35.5. The summed E-state index contributed by atoms with van der Waals surface area (Å²) in [7, 11) is 0. The van der Waals surface area contributed by atoms with Crippen LogP contribution < -0.4 is 10.6 Å². The zero-order valence-corrected chi connectivity index (χ0v) is 12.0. The molecule has 0 fully saturated rings. The second kappa shape index (κ2) is 6.59. The Hall–Kier alpha value is -1.52. The molecule has 6 heteroatoms. The van der Waals surface area contributed by atoms with Crippen LogP contribution in [0.25, 0.3) is 0 Å². The van der Waals surface area contributed by atoms with Crippen LogP contribution in [0.3, 0.4) is 0 Å². The molecular weight excluding hydrogens is 283 g/mol. The molecule has 0 aliphatic carbocycles. The van der Waals surface area contributed by atoms with Crippen molar-refractivity contribution in [3.63, 3.8) is 0 Å². The molecule has 0 bridgehead atoms. The van der Waals surface area contributed by atoms with E-state index in [1.807, 2.05) is 6.07 Å². The first kappa shape index (κ1) is 13.9. The fourth-order valence-corrected chi connectivity index (χ4v) is 2.05. The lowest BCUT2D eigenvalue weighted by atomic mass is 10.3. The molecule has 0 amide bonds. The Morgan fingerprint density at radius 3 is 2.58 bits per heavy atom. The molecule has 0 unspecified atom stereocenters. The van der Waals surface area contributed by atoms with Crippen LogP contribution in [0, 0.1) is 0 Å². The number of anilines is 3. The average molecular weight is 297 g/mol. The number of nitrogens with one attached hydrogen (secondary N) is 2. The van der Waals surface area contributed by atoms with Crippen LogP contribution in [-0.4, -0.2) is 16.5 Å². The van der Waals surface area contributed by atoms with Crippen LogP contribution in [0.1, 0.15) is 13.3 Å². The number of rotatable bonds is 5. The topological polar surface area (TPSA) is 49.8 Å². The first-order chi connectivity index (χ1) is 9.17. The molecule has 2 rings (SSSR count). The molecule has 0 spiro atoms. The third-order valence-electron chi connectivity index (χ3n) is 2.33. The van der Waals surface area contributed by atoms with Crippen molar-refractivity contribution in [3.05, 3.63) is 40.5 Å². The van der Waals surface area contributed by atoms with Gasteiger partial charge in [-0.25, -0.2) is 4.98 Å². The van der Waals surface area contributed by atoms with E-state index in [1.165, 1.54) is 0 Å². The highest BCUT2D eigenvalue weighted by molar-refractivity contribution is 6.35. The molecule has 0 aliphatic rings. The lowest BCUT2D eigenvalue weighted by molar-refractivity contribution is 0.966. The van der Waals surface area contributed by atoms with Crippen LogP contribution in [-0.2, 0) is 0 Å². The van der Waals surface area contributed by atoms with Crippen LogP contribution in [0.2, 0.25) is 10.0 Å². The van der Waals surface area contributed by atoms with Crippen molar-refractivity contribution in [2.24, 2.45) is 0 Å². The minimum absolute atomic E-state index is 0.499. The van der Waals surface area contributed by atoms with Gasteiger partial charge in [-0.05, 0) is 30.7 Å². The van der Waals surface area contributed by atoms with E-state index in [0.29, 0.717) is 16.0 Å². The minimum Gasteiger partial charge on any atom is -0.370 e. The maximum Gasteiger partial charge on any atom is 0.229 e. The Balaban J connectivity index is 2.13. The molecule has 1 aromatic carbocycles. The van der Waals surface area contributed by atoms with Gasteiger partial charge in [0.25, 0.3) is 0 Å². The lowest BCUT2D eigenvalue weighted by Crippen LogP contribution is -2.04. The summed E-state index contributed by atoms with van der Waals surface area (Å²) in [6.07, 6.45) is 2.73. The lowest BCUT2D eigenvalue weighted by Gasteiger charge is -2.08. The molecule has 0 saturated heterocycles. The first-order valence-corrected chi connectivity index (χ1v) is 6.73. The van der Waals surface area contributed by atoms with E-state index in [9.17, 15) is 0 Å². The highest BCUT2D eigenvalue weighted by Gasteiger charge is 2.02. The van der Waals surface area contributed by atoms with Gasteiger partial charge in [-0.3, -0.25) is 0 Å². The van der Waals surface area contributed by atoms with Gasteiger partial charge >= 0.3 is 0 Å². The van der Waals surface area contributed by atoms with Gasteiger partial charge in [0.05, 0.1) is 0 Å². The van der Waals surface area contributed by atoms with Crippen LogP contribution in [0.4, 0.5) is 17.5 Å². The monoisotopic (exact) mass is 296 g/mol. The van der Waals surface area contributed by atoms with Gasteiger partial charge in [-0.2, -0.15) is 4.98 Å². The normalized spacial score (nSPS) is 10.3.